The summed E-state index contributed by atoms with van der Waals surface area (Å²) in [6, 6.07) is 6.12. The number of nitrogens with zero attached hydrogens (tertiary/aromatic N) is 2. The molecule has 0 amide bonds. The Hall–Kier alpha value is -2.15. The van der Waals surface area contributed by atoms with Gasteiger partial charge in [-0.25, -0.2) is 4.79 Å². The molecule has 0 saturated heterocycles. The van der Waals surface area contributed by atoms with E-state index in [1.54, 1.807) is 12.1 Å². The van der Waals surface area contributed by atoms with Crippen LogP contribution in [0.4, 0.5) is 5.00 Å². The van der Waals surface area contributed by atoms with Crippen molar-refractivity contribution in [3.05, 3.63) is 30.0 Å². The van der Waals surface area contributed by atoms with Gasteiger partial charge in [0.2, 0.25) is 5.69 Å². The van der Waals surface area contributed by atoms with Crippen molar-refractivity contribution >= 4 is 22.5 Å². The number of nitrogens with two attached hydrogens (primary N) is 1. The molecular weight excluding hydrogens is 230 g/mol. The van der Waals surface area contributed by atoms with Gasteiger partial charge in [-0.05, 0) is 12.1 Å². The lowest BCUT2D eigenvalue weighted by molar-refractivity contribution is 0.0724. The van der Waals surface area contributed by atoms with Crippen molar-refractivity contribution < 1.29 is 14.6 Å². The first-order valence-corrected chi connectivity index (χ1v) is 5.04. The Labute approximate surface area is 94.5 Å². The average Bonchev–Trinajstić information content (AvgIpc) is 2.68. The maximum atomic E-state index is 11.5. The molecule has 0 bridgehead atoms. The number of para-hydroxylation sites is 2. The summed E-state index contributed by atoms with van der Waals surface area (Å²) in [7, 11) is 0. The second-order valence-electron chi connectivity index (χ2n) is 2.84. The Morgan fingerprint density at radius 1 is 1.44 bits per heavy atom. The monoisotopic (exact) mass is 237 g/mol. The molecule has 0 radical (unpaired) electrons. The van der Waals surface area contributed by atoms with Crippen LogP contribution in [0.25, 0.3) is 0 Å². The highest BCUT2D eigenvalue weighted by Gasteiger charge is 2.17. The summed E-state index contributed by atoms with van der Waals surface area (Å²) in [5, 5.41) is 13.1. The Morgan fingerprint density at radius 2 is 2.19 bits per heavy atom. The molecule has 7 heteroatoms. The van der Waals surface area contributed by atoms with E-state index in [2.05, 4.69) is 9.59 Å². The second kappa shape index (κ2) is 4.15. The van der Waals surface area contributed by atoms with E-state index in [9.17, 15) is 9.90 Å². The molecule has 2 rings (SSSR count). The van der Waals surface area contributed by atoms with E-state index in [0.717, 1.165) is 11.5 Å². The predicted octanol–water partition coefficient (Wildman–Crippen LogP) is 1.05. The summed E-state index contributed by atoms with van der Waals surface area (Å²) >= 11 is 0.901. The van der Waals surface area contributed by atoms with E-state index in [0.29, 0.717) is 0 Å². The van der Waals surface area contributed by atoms with Gasteiger partial charge in [0.1, 0.15) is 5.00 Å². The molecule has 1 aromatic heterocycles. The number of hydrogen-bond donors (Lipinski definition) is 2. The van der Waals surface area contributed by atoms with Crippen LogP contribution in [0.3, 0.4) is 0 Å². The number of nitrogen functional groups attached to an aromatic ring is 1. The molecule has 0 saturated carbocycles. The zero-order chi connectivity index (χ0) is 11.5. The molecule has 3 N–H and O–H groups in total. The Morgan fingerprint density at radius 3 is 2.81 bits per heavy atom. The highest BCUT2D eigenvalue weighted by molar-refractivity contribution is 7.10. The molecule has 0 aliphatic rings. The Balaban J connectivity index is 2.21. The second-order valence-corrected chi connectivity index (χ2v) is 3.63. The van der Waals surface area contributed by atoms with E-state index in [1.807, 2.05) is 0 Å². The SMILES string of the molecule is Nc1snnc1C(=O)Oc1ccccc1O. The van der Waals surface area contributed by atoms with Crippen molar-refractivity contribution in [2.45, 2.75) is 0 Å². The normalized spacial score (nSPS) is 10.0. The van der Waals surface area contributed by atoms with Gasteiger partial charge in [0.05, 0.1) is 0 Å². The number of benzene rings is 1. The van der Waals surface area contributed by atoms with Gasteiger partial charge in [-0.1, -0.05) is 16.6 Å². The summed E-state index contributed by atoms with van der Waals surface area (Å²) in [5.74, 6) is -0.815. The molecule has 0 atom stereocenters. The number of phenolic OH excluding ortho intramolecular Hbond substituents is 1. The van der Waals surface area contributed by atoms with Gasteiger partial charge in [0.15, 0.2) is 11.5 Å². The van der Waals surface area contributed by atoms with E-state index in [4.69, 9.17) is 10.5 Å². The fourth-order valence-electron chi connectivity index (χ4n) is 1.03. The third kappa shape index (κ3) is 1.94. The van der Waals surface area contributed by atoms with Crippen LogP contribution in [0.5, 0.6) is 11.5 Å². The summed E-state index contributed by atoms with van der Waals surface area (Å²) in [4.78, 5) is 11.5. The van der Waals surface area contributed by atoms with Gasteiger partial charge in [0.25, 0.3) is 0 Å². The van der Waals surface area contributed by atoms with Crippen LogP contribution in [0, 0.1) is 0 Å². The zero-order valence-corrected chi connectivity index (χ0v) is 8.77. The molecule has 0 aliphatic carbocycles. The van der Waals surface area contributed by atoms with Crippen molar-refractivity contribution in [1.29, 1.82) is 0 Å². The number of ether oxygens (including phenoxy) is 1. The molecule has 0 spiro atoms. The minimum absolute atomic E-state index is 0.0479. The number of carbonyl (C=O) groups excluding carboxylic acids is 1. The number of phenols is 1. The zero-order valence-electron chi connectivity index (χ0n) is 7.95. The molecule has 1 heterocycles. The Bertz CT molecular complexity index is 526. The van der Waals surface area contributed by atoms with Crippen LogP contribution in [0.1, 0.15) is 10.5 Å². The molecular formula is C9H7N3O3S. The Kier molecular flexibility index (Phi) is 2.69. The molecule has 2 aromatic rings. The lowest BCUT2D eigenvalue weighted by Crippen LogP contribution is -2.11. The van der Waals surface area contributed by atoms with Crippen molar-refractivity contribution in [2.24, 2.45) is 0 Å². The number of esters is 1. The minimum atomic E-state index is -0.743. The number of aromatic hydroxyl groups is 1. The number of carbonyl (C=O) groups is 1. The molecule has 6 nitrogen and oxygen atoms in total. The highest BCUT2D eigenvalue weighted by atomic mass is 32.1. The van der Waals surface area contributed by atoms with E-state index >= 15 is 0 Å². The standard InChI is InChI=1S/C9H7N3O3S/c10-8-7(11-12-16-8)9(14)15-6-4-2-1-3-5(6)13/h1-4,13H,10H2. The van der Waals surface area contributed by atoms with Gasteiger partial charge in [-0.3, -0.25) is 0 Å². The van der Waals surface area contributed by atoms with E-state index in [1.165, 1.54) is 12.1 Å². The molecule has 0 fully saturated rings. The van der Waals surface area contributed by atoms with Gasteiger partial charge < -0.3 is 15.6 Å². The van der Waals surface area contributed by atoms with Crippen LogP contribution in [-0.4, -0.2) is 20.7 Å². The molecule has 16 heavy (non-hydrogen) atoms. The molecule has 0 aliphatic heterocycles. The number of anilines is 1. The maximum absolute atomic E-state index is 11.5. The largest absolute Gasteiger partial charge is 0.504 e. The molecule has 0 unspecified atom stereocenters. The topological polar surface area (TPSA) is 98.3 Å². The van der Waals surface area contributed by atoms with E-state index in [-0.39, 0.29) is 22.2 Å². The maximum Gasteiger partial charge on any atom is 0.367 e. The summed E-state index contributed by atoms with van der Waals surface area (Å²) in [6.07, 6.45) is 0. The van der Waals surface area contributed by atoms with Crippen molar-refractivity contribution in [3.63, 3.8) is 0 Å². The number of hydrogen-bond acceptors (Lipinski definition) is 7. The van der Waals surface area contributed by atoms with Gasteiger partial charge in [0, 0.05) is 11.5 Å². The van der Waals surface area contributed by atoms with Gasteiger partial charge in [-0.2, -0.15) is 0 Å². The average molecular weight is 237 g/mol. The molecule has 1 aromatic carbocycles. The van der Waals surface area contributed by atoms with Crippen molar-refractivity contribution in [3.8, 4) is 11.5 Å². The third-order valence-electron chi connectivity index (χ3n) is 1.77. The molecule has 82 valence electrons. The van der Waals surface area contributed by atoms with E-state index < -0.39 is 5.97 Å². The summed E-state index contributed by atoms with van der Waals surface area (Å²) < 4.78 is 8.42. The first-order chi connectivity index (χ1) is 7.68. The predicted molar refractivity (Wildman–Crippen MR) is 57.4 cm³/mol. The lowest BCUT2D eigenvalue weighted by Gasteiger charge is -2.03. The number of aromatic nitrogens is 2. The quantitative estimate of drug-likeness (QED) is 0.598. The fourth-order valence-corrected chi connectivity index (χ4v) is 1.45. The summed E-state index contributed by atoms with van der Waals surface area (Å²) in [6.45, 7) is 0. The van der Waals surface area contributed by atoms with Crippen LogP contribution < -0.4 is 10.5 Å². The van der Waals surface area contributed by atoms with Gasteiger partial charge >= 0.3 is 5.97 Å². The minimum Gasteiger partial charge on any atom is -0.504 e. The lowest BCUT2D eigenvalue weighted by atomic mass is 10.3. The first-order valence-electron chi connectivity index (χ1n) is 4.26. The van der Waals surface area contributed by atoms with Crippen LogP contribution in [0.15, 0.2) is 24.3 Å². The third-order valence-corrected chi connectivity index (χ3v) is 2.33. The number of rotatable bonds is 2. The van der Waals surface area contributed by atoms with Crippen LogP contribution in [0.2, 0.25) is 0 Å². The van der Waals surface area contributed by atoms with Crippen LogP contribution >= 0.6 is 11.5 Å². The van der Waals surface area contributed by atoms with Crippen LogP contribution in [-0.2, 0) is 0 Å². The smallest absolute Gasteiger partial charge is 0.367 e. The van der Waals surface area contributed by atoms with Gasteiger partial charge in [-0.15, -0.1) is 5.10 Å². The van der Waals surface area contributed by atoms with Crippen molar-refractivity contribution in [2.75, 3.05) is 5.73 Å². The highest BCUT2D eigenvalue weighted by Crippen LogP contribution is 2.26. The van der Waals surface area contributed by atoms with Crippen molar-refractivity contribution in [1.82, 2.24) is 9.59 Å². The first kappa shape index (κ1) is 10.4. The fraction of sp³-hybridized carbons (Fsp3) is 0. The summed E-state index contributed by atoms with van der Waals surface area (Å²) in [5.41, 5.74) is 5.42.